The lowest BCUT2D eigenvalue weighted by molar-refractivity contribution is -0.139. The first-order valence-corrected chi connectivity index (χ1v) is 13.6. The third-order valence-electron chi connectivity index (χ3n) is 6.19. The second kappa shape index (κ2) is 10.5. The number of fused-ring (bicyclic) bond motifs is 1. The first kappa shape index (κ1) is 25.9. The van der Waals surface area contributed by atoms with Crippen molar-refractivity contribution in [1.82, 2.24) is 19.7 Å². The van der Waals surface area contributed by atoms with Crippen molar-refractivity contribution >= 4 is 38.3 Å². The highest BCUT2D eigenvalue weighted by molar-refractivity contribution is 7.92. The van der Waals surface area contributed by atoms with Gasteiger partial charge in [0.25, 0.3) is 0 Å². The van der Waals surface area contributed by atoms with Crippen LogP contribution in [0.25, 0.3) is 22.0 Å². The number of nitrogens with zero attached hydrogens (tertiary/aromatic N) is 3. The fraction of sp³-hybridized carbons (Fsp3) is 0.308. The molecule has 0 aliphatic heterocycles. The summed E-state index contributed by atoms with van der Waals surface area (Å²) >= 11 is 6.62. The molecule has 1 N–H and O–H groups in total. The number of sulfone groups is 1. The van der Waals surface area contributed by atoms with Crippen molar-refractivity contribution in [2.24, 2.45) is 14.1 Å². The van der Waals surface area contributed by atoms with Crippen LogP contribution in [0, 0.1) is 0 Å². The monoisotopic (exact) mass is 528 g/mol. The van der Waals surface area contributed by atoms with Crippen LogP contribution in [0.5, 0.6) is 0 Å². The van der Waals surface area contributed by atoms with Crippen molar-refractivity contribution in [2.75, 3.05) is 12.4 Å². The van der Waals surface area contributed by atoms with E-state index in [1.54, 1.807) is 23.7 Å². The van der Waals surface area contributed by atoms with E-state index in [0.717, 1.165) is 33.3 Å². The van der Waals surface area contributed by atoms with Gasteiger partial charge in [0.05, 0.1) is 28.2 Å². The van der Waals surface area contributed by atoms with Crippen LogP contribution in [0.4, 0.5) is 0 Å². The zero-order valence-corrected chi connectivity index (χ0v) is 22.2. The van der Waals surface area contributed by atoms with Crippen molar-refractivity contribution in [3.8, 4) is 11.1 Å². The first-order valence-electron chi connectivity index (χ1n) is 11.6. The van der Waals surface area contributed by atoms with E-state index < -0.39 is 21.6 Å². The zero-order chi connectivity index (χ0) is 26.0. The molecule has 0 aliphatic rings. The number of aromatic nitrogens is 3. The molecule has 4 aromatic rings. The average Bonchev–Trinajstić information content (AvgIpc) is 3.41. The topological polar surface area (TPSA) is 95.2 Å². The number of aryl methyl sites for hydroxylation is 2. The van der Waals surface area contributed by atoms with E-state index in [1.165, 1.54) is 12.1 Å². The van der Waals surface area contributed by atoms with Crippen molar-refractivity contribution < 1.29 is 17.9 Å². The van der Waals surface area contributed by atoms with Crippen LogP contribution >= 0.6 is 11.6 Å². The molecule has 1 atom stereocenters. The summed E-state index contributed by atoms with van der Waals surface area (Å²) in [7, 11) is 0.150. The van der Waals surface area contributed by atoms with Gasteiger partial charge in [-0.25, -0.2) is 8.42 Å². The molecule has 0 unspecified atom stereocenters. The van der Waals surface area contributed by atoms with Gasteiger partial charge in [0.1, 0.15) is 0 Å². The van der Waals surface area contributed by atoms with Crippen molar-refractivity contribution in [1.29, 1.82) is 0 Å². The van der Waals surface area contributed by atoms with Gasteiger partial charge in [-0.15, -0.1) is 0 Å². The van der Waals surface area contributed by atoms with Crippen molar-refractivity contribution in [3.63, 3.8) is 0 Å². The van der Waals surface area contributed by atoms with Gasteiger partial charge in [-0.2, -0.15) is 5.10 Å². The van der Waals surface area contributed by atoms with E-state index in [1.807, 2.05) is 39.5 Å². The highest BCUT2D eigenvalue weighted by Crippen LogP contribution is 2.32. The fourth-order valence-electron chi connectivity index (χ4n) is 4.13. The first-order chi connectivity index (χ1) is 17.1. The Bertz CT molecular complexity index is 1510. The summed E-state index contributed by atoms with van der Waals surface area (Å²) in [5.41, 5.74) is 5.04. The number of carbonyl (C=O) groups is 1. The smallest absolute Gasteiger partial charge is 0.321 e. The fourth-order valence-corrected chi connectivity index (χ4v) is 5.51. The van der Waals surface area contributed by atoms with Gasteiger partial charge in [0.15, 0.2) is 15.6 Å². The molecule has 4 rings (SSSR count). The molecule has 0 saturated carbocycles. The SMILES string of the molecule is CCOC(=O)CS(=O)(=O)c1ccc([C@@H](C)NCc2cc3c(Cl)cc(-c4cnn(C)c4)cc3n2C)cc1. The molecule has 2 heterocycles. The maximum Gasteiger partial charge on any atom is 0.321 e. The molecule has 2 aromatic carbocycles. The zero-order valence-electron chi connectivity index (χ0n) is 20.7. The normalized spacial score (nSPS) is 12.7. The predicted molar refractivity (Wildman–Crippen MR) is 141 cm³/mol. The summed E-state index contributed by atoms with van der Waals surface area (Å²) in [6, 6.07) is 12.7. The molecule has 0 spiro atoms. The quantitative estimate of drug-likeness (QED) is 0.323. The van der Waals surface area contributed by atoms with Crippen LogP contribution in [0.15, 0.2) is 59.8 Å². The Morgan fingerprint density at radius 1 is 1.14 bits per heavy atom. The lowest BCUT2D eigenvalue weighted by atomic mass is 10.1. The third-order valence-corrected chi connectivity index (χ3v) is 8.11. The van der Waals surface area contributed by atoms with E-state index in [-0.39, 0.29) is 17.5 Å². The van der Waals surface area contributed by atoms with Crippen LogP contribution < -0.4 is 5.32 Å². The number of esters is 1. The van der Waals surface area contributed by atoms with Crippen molar-refractivity contribution in [3.05, 3.63) is 71.1 Å². The van der Waals surface area contributed by atoms with Gasteiger partial charge in [0, 0.05) is 49.5 Å². The molecular weight excluding hydrogens is 500 g/mol. The van der Waals surface area contributed by atoms with Crippen molar-refractivity contribution in [2.45, 2.75) is 31.3 Å². The Morgan fingerprint density at radius 2 is 1.86 bits per heavy atom. The highest BCUT2D eigenvalue weighted by atomic mass is 35.5. The molecular formula is C26H29ClN4O4S. The van der Waals surface area contributed by atoms with E-state index in [0.29, 0.717) is 11.6 Å². The number of ether oxygens (including phenoxy) is 1. The molecule has 190 valence electrons. The molecule has 0 aliphatic carbocycles. The Kier molecular flexibility index (Phi) is 7.54. The van der Waals surface area contributed by atoms with E-state index >= 15 is 0 Å². The lowest BCUT2D eigenvalue weighted by Gasteiger charge is -2.15. The molecule has 0 saturated heterocycles. The van der Waals surface area contributed by atoms with Crippen LogP contribution in [-0.4, -0.2) is 41.1 Å². The Morgan fingerprint density at radius 3 is 2.50 bits per heavy atom. The summed E-state index contributed by atoms with van der Waals surface area (Å²) in [6.45, 7) is 4.39. The number of hydrogen-bond acceptors (Lipinski definition) is 6. The molecule has 0 radical (unpaired) electrons. The number of benzene rings is 2. The minimum absolute atomic E-state index is 0.0359. The van der Waals surface area contributed by atoms with Crippen LogP contribution in [-0.2, 0) is 40.0 Å². The van der Waals surface area contributed by atoms with E-state index in [4.69, 9.17) is 16.3 Å². The lowest BCUT2D eigenvalue weighted by Crippen LogP contribution is -2.20. The van der Waals surface area contributed by atoms with Crippen LogP contribution in [0.3, 0.4) is 0 Å². The second-order valence-electron chi connectivity index (χ2n) is 8.72. The standard InChI is InChI=1S/C26H29ClN4O4S/c1-5-35-26(32)16-36(33,34)22-8-6-18(7-9-22)17(2)28-14-21-12-23-24(27)10-19(11-25(23)31(21)4)20-13-29-30(3)15-20/h6-13,15,17,28H,5,14,16H2,1-4H3/t17-/m1/s1. The molecule has 36 heavy (non-hydrogen) atoms. The summed E-state index contributed by atoms with van der Waals surface area (Å²) in [6.07, 6.45) is 3.77. The Hall–Kier alpha value is -3.14. The summed E-state index contributed by atoms with van der Waals surface area (Å²) < 4.78 is 33.5. The second-order valence-corrected chi connectivity index (χ2v) is 11.1. The largest absolute Gasteiger partial charge is 0.465 e. The van der Waals surface area contributed by atoms with Gasteiger partial charge in [-0.1, -0.05) is 23.7 Å². The van der Waals surface area contributed by atoms with Crippen LogP contribution in [0.1, 0.15) is 31.1 Å². The maximum absolute atomic E-state index is 12.4. The Labute approximate surface area is 215 Å². The number of carbonyl (C=O) groups excluding carboxylic acids is 1. The summed E-state index contributed by atoms with van der Waals surface area (Å²) in [5, 5.41) is 9.40. The molecule has 0 bridgehead atoms. The minimum atomic E-state index is -3.74. The third kappa shape index (κ3) is 5.48. The molecule has 10 heteroatoms. The molecule has 0 amide bonds. The molecule has 8 nitrogen and oxygen atoms in total. The number of hydrogen-bond donors (Lipinski definition) is 1. The minimum Gasteiger partial charge on any atom is -0.465 e. The van der Waals surface area contributed by atoms with Gasteiger partial charge < -0.3 is 14.6 Å². The average molecular weight is 529 g/mol. The highest BCUT2D eigenvalue weighted by Gasteiger charge is 2.20. The number of halogens is 1. The summed E-state index contributed by atoms with van der Waals surface area (Å²) in [4.78, 5) is 11.7. The molecule has 2 aromatic heterocycles. The predicted octanol–water partition coefficient (Wildman–Crippen LogP) is 4.42. The van der Waals surface area contributed by atoms with Gasteiger partial charge in [-0.05, 0) is 55.3 Å². The maximum atomic E-state index is 12.4. The van der Waals surface area contributed by atoms with Gasteiger partial charge in [0.2, 0.25) is 0 Å². The van der Waals surface area contributed by atoms with E-state index in [9.17, 15) is 13.2 Å². The van der Waals surface area contributed by atoms with E-state index in [2.05, 4.69) is 27.1 Å². The molecule has 0 fully saturated rings. The number of nitrogens with one attached hydrogen (secondary N) is 1. The van der Waals surface area contributed by atoms with Gasteiger partial charge in [-0.3, -0.25) is 9.48 Å². The number of rotatable bonds is 9. The van der Waals surface area contributed by atoms with Gasteiger partial charge >= 0.3 is 5.97 Å². The summed E-state index contributed by atoms with van der Waals surface area (Å²) in [5.74, 6) is -1.42. The van der Waals surface area contributed by atoms with Crippen LogP contribution in [0.2, 0.25) is 5.02 Å². The Balaban J connectivity index is 1.47.